The number of phenolic OH excluding ortho intramolecular Hbond substituents is 2. The first-order valence-corrected chi connectivity index (χ1v) is 7.75. The lowest BCUT2D eigenvalue weighted by molar-refractivity contribution is 0.0749. The van der Waals surface area contributed by atoms with Gasteiger partial charge in [-0.1, -0.05) is 13.8 Å². The van der Waals surface area contributed by atoms with E-state index in [4.69, 9.17) is 0 Å². The standard InChI is InChI=1S/C16H17NO3S/c1-9(2)11-5-12(14(19)6-13(11)18)16(20)17-7-10-3-4-21-15(10)8-17/h3-6,9,18-19H,7-8H2,1-2H3. The van der Waals surface area contributed by atoms with Gasteiger partial charge in [0.2, 0.25) is 0 Å². The van der Waals surface area contributed by atoms with Crippen molar-refractivity contribution < 1.29 is 15.0 Å². The average Bonchev–Trinajstić information content (AvgIpc) is 2.98. The lowest BCUT2D eigenvalue weighted by Crippen LogP contribution is -2.25. The van der Waals surface area contributed by atoms with Crippen molar-refractivity contribution in [1.82, 2.24) is 4.90 Å². The molecule has 2 aromatic rings. The molecule has 4 nitrogen and oxygen atoms in total. The van der Waals surface area contributed by atoms with Gasteiger partial charge in [0.25, 0.3) is 5.91 Å². The molecule has 3 rings (SSSR count). The molecular formula is C16H17NO3S. The smallest absolute Gasteiger partial charge is 0.258 e. The Morgan fingerprint density at radius 1 is 1.24 bits per heavy atom. The van der Waals surface area contributed by atoms with Crippen molar-refractivity contribution in [3.8, 4) is 11.5 Å². The number of benzene rings is 1. The monoisotopic (exact) mass is 303 g/mol. The molecule has 0 atom stereocenters. The Labute approximate surface area is 127 Å². The molecule has 0 saturated heterocycles. The molecule has 0 spiro atoms. The minimum Gasteiger partial charge on any atom is -0.508 e. The average molecular weight is 303 g/mol. The number of aromatic hydroxyl groups is 2. The first-order chi connectivity index (χ1) is 9.97. The zero-order chi connectivity index (χ0) is 15.1. The number of fused-ring (bicyclic) bond motifs is 1. The van der Waals surface area contributed by atoms with Crippen molar-refractivity contribution in [2.24, 2.45) is 0 Å². The van der Waals surface area contributed by atoms with Gasteiger partial charge in [-0.3, -0.25) is 4.79 Å². The first-order valence-electron chi connectivity index (χ1n) is 6.87. The molecule has 1 aromatic heterocycles. The summed E-state index contributed by atoms with van der Waals surface area (Å²) in [7, 11) is 0. The number of amides is 1. The summed E-state index contributed by atoms with van der Waals surface area (Å²) in [6, 6.07) is 4.89. The van der Waals surface area contributed by atoms with Crippen LogP contribution >= 0.6 is 11.3 Å². The van der Waals surface area contributed by atoms with Crippen LogP contribution in [-0.4, -0.2) is 21.0 Å². The third-order valence-corrected chi connectivity index (χ3v) is 4.77. The maximum Gasteiger partial charge on any atom is 0.258 e. The molecule has 1 aromatic carbocycles. The maximum atomic E-state index is 12.6. The van der Waals surface area contributed by atoms with E-state index in [9.17, 15) is 15.0 Å². The van der Waals surface area contributed by atoms with Gasteiger partial charge >= 0.3 is 0 Å². The zero-order valence-electron chi connectivity index (χ0n) is 12.0. The Morgan fingerprint density at radius 3 is 2.67 bits per heavy atom. The summed E-state index contributed by atoms with van der Waals surface area (Å²) in [6.45, 7) is 5.04. The second-order valence-corrected chi connectivity index (χ2v) is 6.61. The lowest BCUT2D eigenvalue weighted by Gasteiger charge is -2.18. The molecule has 0 aliphatic carbocycles. The molecule has 1 aliphatic heterocycles. The minimum atomic E-state index is -0.196. The van der Waals surface area contributed by atoms with Crippen molar-refractivity contribution in [2.45, 2.75) is 32.9 Å². The van der Waals surface area contributed by atoms with Crippen molar-refractivity contribution in [3.05, 3.63) is 45.1 Å². The van der Waals surface area contributed by atoms with Gasteiger partial charge in [-0.2, -0.15) is 0 Å². The van der Waals surface area contributed by atoms with Crippen LogP contribution < -0.4 is 0 Å². The molecule has 2 N–H and O–H groups in total. The van der Waals surface area contributed by atoms with E-state index in [1.54, 1.807) is 22.3 Å². The number of carbonyl (C=O) groups excluding carboxylic acids is 1. The fourth-order valence-electron chi connectivity index (χ4n) is 2.62. The molecule has 0 unspecified atom stereocenters. The Balaban J connectivity index is 1.92. The minimum absolute atomic E-state index is 0.0274. The first kappa shape index (κ1) is 13.9. The Hall–Kier alpha value is -2.01. The van der Waals surface area contributed by atoms with Crippen LogP contribution in [0.2, 0.25) is 0 Å². The SMILES string of the molecule is CC(C)c1cc(C(=O)N2Cc3ccsc3C2)c(O)cc1O. The number of nitrogens with zero attached hydrogens (tertiary/aromatic N) is 1. The summed E-state index contributed by atoms with van der Waals surface area (Å²) in [5, 5.41) is 21.9. The van der Waals surface area contributed by atoms with Gasteiger partial charge in [0, 0.05) is 17.5 Å². The van der Waals surface area contributed by atoms with Crippen molar-refractivity contribution in [3.63, 3.8) is 0 Å². The van der Waals surface area contributed by atoms with Gasteiger partial charge in [-0.05, 0) is 34.6 Å². The molecule has 1 aliphatic rings. The van der Waals surface area contributed by atoms with Crippen LogP contribution in [0.25, 0.3) is 0 Å². The van der Waals surface area contributed by atoms with E-state index in [1.165, 1.54) is 16.5 Å². The summed E-state index contributed by atoms with van der Waals surface area (Å²) in [4.78, 5) is 15.5. The number of carbonyl (C=O) groups is 1. The van der Waals surface area contributed by atoms with Crippen LogP contribution in [0.3, 0.4) is 0 Å². The van der Waals surface area contributed by atoms with E-state index in [0.717, 1.165) is 0 Å². The van der Waals surface area contributed by atoms with E-state index < -0.39 is 0 Å². The molecule has 1 amide bonds. The Bertz CT molecular complexity index is 685. The van der Waals surface area contributed by atoms with E-state index in [-0.39, 0.29) is 28.9 Å². The quantitative estimate of drug-likeness (QED) is 0.893. The third kappa shape index (κ3) is 2.38. The van der Waals surface area contributed by atoms with E-state index in [2.05, 4.69) is 0 Å². The lowest BCUT2D eigenvalue weighted by atomic mass is 9.98. The van der Waals surface area contributed by atoms with Crippen molar-refractivity contribution in [1.29, 1.82) is 0 Å². The summed E-state index contributed by atoms with van der Waals surface area (Å²) >= 11 is 1.65. The topological polar surface area (TPSA) is 60.8 Å². The predicted octanol–water partition coefficient (Wildman–Crippen LogP) is 3.44. The Kier molecular flexibility index (Phi) is 3.37. The highest BCUT2D eigenvalue weighted by Crippen LogP contribution is 2.35. The number of thiophene rings is 1. The summed E-state index contributed by atoms with van der Waals surface area (Å²) in [5.41, 5.74) is 2.10. The van der Waals surface area contributed by atoms with Crippen LogP contribution in [0, 0.1) is 0 Å². The highest BCUT2D eigenvalue weighted by Gasteiger charge is 2.27. The summed E-state index contributed by atoms with van der Waals surface area (Å²) in [5.74, 6) is -0.258. The van der Waals surface area contributed by atoms with Gasteiger partial charge in [-0.25, -0.2) is 0 Å². The molecule has 21 heavy (non-hydrogen) atoms. The molecule has 0 fully saturated rings. The fraction of sp³-hybridized carbons (Fsp3) is 0.312. The van der Waals surface area contributed by atoms with Crippen LogP contribution in [0.15, 0.2) is 23.6 Å². The van der Waals surface area contributed by atoms with Crippen LogP contribution in [0.4, 0.5) is 0 Å². The Morgan fingerprint density at radius 2 is 2.00 bits per heavy atom. The van der Waals surface area contributed by atoms with Gasteiger partial charge < -0.3 is 15.1 Å². The molecule has 0 radical (unpaired) electrons. The van der Waals surface area contributed by atoms with E-state index >= 15 is 0 Å². The van der Waals surface area contributed by atoms with Crippen LogP contribution in [-0.2, 0) is 13.1 Å². The molecule has 0 saturated carbocycles. The van der Waals surface area contributed by atoms with Crippen LogP contribution in [0.5, 0.6) is 11.5 Å². The highest BCUT2D eigenvalue weighted by molar-refractivity contribution is 7.10. The predicted molar refractivity (Wildman–Crippen MR) is 81.8 cm³/mol. The van der Waals surface area contributed by atoms with Crippen molar-refractivity contribution >= 4 is 17.2 Å². The largest absolute Gasteiger partial charge is 0.508 e. The maximum absolute atomic E-state index is 12.6. The second kappa shape index (κ2) is 5.07. The molecule has 5 heteroatoms. The molecule has 0 bridgehead atoms. The van der Waals surface area contributed by atoms with Gasteiger partial charge in [-0.15, -0.1) is 11.3 Å². The molecule has 110 valence electrons. The normalized spacial score (nSPS) is 13.8. The third-order valence-electron chi connectivity index (χ3n) is 3.82. The number of rotatable bonds is 2. The number of hydrogen-bond acceptors (Lipinski definition) is 4. The molecule has 2 heterocycles. The van der Waals surface area contributed by atoms with Gasteiger partial charge in [0.1, 0.15) is 11.5 Å². The molecular weight excluding hydrogens is 286 g/mol. The van der Waals surface area contributed by atoms with Gasteiger partial charge in [0.05, 0.1) is 12.1 Å². The summed E-state index contributed by atoms with van der Waals surface area (Å²) in [6.07, 6.45) is 0. The van der Waals surface area contributed by atoms with Crippen molar-refractivity contribution in [2.75, 3.05) is 0 Å². The fourth-order valence-corrected chi connectivity index (χ4v) is 3.53. The number of phenols is 2. The highest BCUT2D eigenvalue weighted by atomic mass is 32.1. The van der Waals surface area contributed by atoms with E-state index in [0.29, 0.717) is 18.7 Å². The van der Waals surface area contributed by atoms with Gasteiger partial charge in [0.15, 0.2) is 0 Å². The zero-order valence-corrected chi connectivity index (χ0v) is 12.8. The second-order valence-electron chi connectivity index (χ2n) is 5.61. The summed E-state index contributed by atoms with van der Waals surface area (Å²) < 4.78 is 0. The number of hydrogen-bond donors (Lipinski definition) is 2. The van der Waals surface area contributed by atoms with Crippen LogP contribution in [0.1, 0.15) is 46.1 Å². The van der Waals surface area contributed by atoms with E-state index in [1.807, 2.05) is 25.3 Å².